The van der Waals surface area contributed by atoms with E-state index < -0.39 is 0 Å². The predicted octanol–water partition coefficient (Wildman–Crippen LogP) is 4.07. The average molecular weight is 213 g/mol. The molecule has 2 N–H and O–H groups in total. The van der Waals surface area contributed by atoms with Crippen LogP contribution in [0.3, 0.4) is 0 Å². The van der Waals surface area contributed by atoms with Crippen LogP contribution in [-0.2, 0) is 0 Å². The van der Waals surface area contributed by atoms with Gasteiger partial charge in [0.1, 0.15) is 0 Å². The van der Waals surface area contributed by atoms with Gasteiger partial charge in [0, 0.05) is 5.54 Å². The summed E-state index contributed by atoms with van der Waals surface area (Å²) < 4.78 is 0. The normalized spacial score (nSPS) is 20.4. The zero-order valence-corrected chi connectivity index (χ0v) is 11.8. The summed E-state index contributed by atoms with van der Waals surface area (Å²) >= 11 is 0. The van der Waals surface area contributed by atoms with Crippen molar-refractivity contribution >= 4 is 0 Å². The zero-order chi connectivity index (χ0) is 12.2. The Morgan fingerprint density at radius 2 is 1.40 bits per heavy atom. The van der Waals surface area contributed by atoms with E-state index in [0.29, 0.717) is 11.8 Å². The molecule has 0 aliphatic heterocycles. The van der Waals surface area contributed by atoms with Gasteiger partial charge in [0.2, 0.25) is 0 Å². The Balaban J connectivity index is 4.17. The highest BCUT2D eigenvalue weighted by Gasteiger charge is 2.30. The lowest BCUT2D eigenvalue weighted by molar-refractivity contribution is 0.195. The maximum absolute atomic E-state index is 6.38. The van der Waals surface area contributed by atoms with E-state index in [1.807, 2.05) is 0 Å². The van der Waals surface area contributed by atoms with Crippen molar-refractivity contribution in [2.75, 3.05) is 0 Å². The summed E-state index contributed by atoms with van der Waals surface area (Å²) in [6, 6.07) is 0. The molecular weight excluding hydrogens is 182 g/mol. The molecule has 92 valence electrons. The van der Waals surface area contributed by atoms with Gasteiger partial charge in [-0.15, -0.1) is 0 Å². The first kappa shape index (κ1) is 15.0. The third-order valence-corrected chi connectivity index (χ3v) is 3.94. The smallest absolute Gasteiger partial charge is 0.0175 e. The lowest BCUT2D eigenvalue weighted by atomic mass is 9.74. The van der Waals surface area contributed by atoms with E-state index >= 15 is 0 Å². The van der Waals surface area contributed by atoms with E-state index in [2.05, 4.69) is 48.5 Å². The molecule has 0 heterocycles. The minimum absolute atomic E-state index is 0.0226. The van der Waals surface area contributed by atoms with Gasteiger partial charge in [-0.3, -0.25) is 0 Å². The highest BCUT2D eigenvalue weighted by Crippen LogP contribution is 2.30. The van der Waals surface area contributed by atoms with Crippen LogP contribution in [0.5, 0.6) is 0 Å². The SMILES string of the molecule is CC(C)CC(C)CC(C)C(C)(N)C(C)C. The molecule has 0 fully saturated rings. The van der Waals surface area contributed by atoms with E-state index in [-0.39, 0.29) is 5.54 Å². The van der Waals surface area contributed by atoms with Crippen molar-refractivity contribution in [3.05, 3.63) is 0 Å². The lowest BCUT2D eigenvalue weighted by Gasteiger charge is -2.37. The van der Waals surface area contributed by atoms with Gasteiger partial charge < -0.3 is 5.73 Å². The van der Waals surface area contributed by atoms with Crippen molar-refractivity contribution in [1.82, 2.24) is 0 Å². The molecule has 0 aromatic rings. The second-order valence-corrected chi connectivity index (χ2v) is 6.39. The molecule has 0 saturated heterocycles. The summed E-state index contributed by atoms with van der Waals surface area (Å²) in [4.78, 5) is 0. The average Bonchev–Trinajstić information content (AvgIpc) is 2.01. The first-order chi connectivity index (χ1) is 6.67. The second-order valence-electron chi connectivity index (χ2n) is 6.39. The van der Waals surface area contributed by atoms with Crippen LogP contribution < -0.4 is 5.73 Å². The maximum Gasteiger partial charge on any atom is 0.0175 e. The highest BCUT2D eigenvalue weighted by atomic mass is 14.8. The Hall–Kier alpha value is -0.0400. The van der Waals surface area contributed by atoms with Gasteiger partial charge in [-0.1, -0.05) is 41.5 Å². The van der Waals surface area contributed by atoms with Crippen molar-refractivity contribution in [1.29, 1.82) is 0 Å². The van der Waals surface area contributed by atoms with Gasteiger partial charge in [0.15, 0.2) is 0 Å². The molecule has 0 radical (unpaired) electrons. The third-order valence-electron chi connectivity index (χ3n) is 3.94. The highest BCUT2D eigenvalue weighted by molar-refractivity contribution is 4.88. The van der Waals surface area contributed by atoms with Gasteiger partial charge in [-0.25, -0.2) is 0 Å². The number of hydrogen-bond donors (Lipinski definition) is 1. The van der Waals surface area contributed by atoms with E-state index in [4.69, 9.17) is 5.73 Å². The summed E-state index contributed by atoms with van der Waals surface area (Å²) in [6.07, 6.45) is 2.57. The van der Waals surface area contributed by atoms with E-state index in [1.54, 1.807) is 0 Å². The number of hydrogen-bond acceptors (Lipinski definition) is 1. The third kappa shape index (κ3) is 5.01. The Morgan fingerprint density at radius 1 is 0.933 bits per heavy atom. The van der Waals surface area contributed by atoms with Crippen molar-refractivity contribution in [3.8, 4) is 0 Å². The largest absolute Gasteiger partial charge is 0.325 e. The summed E-state index contributed by atoms with van der Waals surface area (Å²) in [7, 11) is 0. The Labute approximate surface area is 96.8 Å². The Bertz CT molecular complexity index is 170. The van der Waals surface area contributed by atoms with Crippen LogP contribution in [0.15, 0.2) is 0 Å². The number of nitrogens with two attached hydrogens (primary N) is 1. The quantitative estimate of drug-likeness (QED) is 0.707. The molecule has 0 aliphatic carbocycles. The second kappa shape index (κ2) is 5.89. The molecule has 1 nitrogen and oxygen atoms in total. The van der Waals surface area contributed by atoms with Crippen molar-refractivity contribution in [2.24, 2.45) is 29.4 Å². The van der Waals surface area contributed by atoms with Gasteiger partial charge in [-0.2, -0.15) is 0 Å². The van der Waals surface area contributed by atoms with E-state index in [9.17, 15) is 0 Å². The molecule has 0 rings (SSSR count). The minimum atomic E-state index is -0.0226. The fourth-order valence-electron chi connectivity index (χ4n) is 2.33. The molecule has 0 amide bonds. The van der Waals surface area contributed by atoms with Crippen molar-refractivity contribution in [3.63, 3.8) is 0 Å². The molecular formula is C14H31N. The topological polar surface area (TPSA) is 26.0 Å². The fourth-order valence-corrected chi connectivity index (χ4v) is 2.33. The molecule has 0 aromatic heterocycles. The van der Waals surface area contributed by atoms with Gasteiger partial charge in [0.25, 0.3) is 0 Å². The Kier molecular flexibility index (Phi) is 5.87. The zero-order valence-electron chi connectivity index (χ0n) is 11.8. The standard InChI is InChI=1S/C14H31N/c1-10(2)8-12(5)9-13(6)14(7,15)11(3)4/h10-13H,8-9,15H2,1-7H3. The van der Waals surface area contributed by atoms with Gasteiger partial charge in [-0.05, 0) is 43.4 Å². The molecule has 1 heteroatoms. The van der Waals surface area contributed by atoms with Crippen LogP contribution in [0.1, 0.15) is 61.3 Å². The molecule has 15 heavy (non-hydrogen) atoms. The van der Waals surface area contributed by atoms with Crippen LogP contribution in [0.4, 0.5) is 0 Å². The van der Waals surface area contributed by atoms with Gasteiger partial charge >= 0.3 is 0 Å². The van der Waals surface area contributed by atoms with Crippen molar-refractivity contribution < 1.29 is 0 Å². The van der Waals surface area contributed by atoms with Crippen LogP contribution in [-0.4, -0.2) is 5.54 Å². The predicted molar refractivity (Wildman–Crippen MR) is 69.8 cm³/mol. The summed E-state index contributed by atoms with van der Waals surface area (Å²) in [5.74, 6) is 2.75. The molecule has 3 unspecified atom stereocenters. The van der Waals surface area contributed by atoms with Crippen LogP contribution >= 0.6 is 0 Å². The molecule has 0 aromatic carbocycles. The van der Waals surface area contributed by atoms with Crippen LogP contribution in [0, 0.1) is 23.7 Å². The summed E-state index contributed by atoms with van der Waals surface area (Å²) in [5, 5.41) is 0. The summed E-state index contributed by atoms with van der Waals surface area (Å²) in [5.41, 5.74) is 6.36. The Morgan fingerprint density at radius 3 is 1.73 bits per heavy atom. The molecule has 0 aliphatic rings. The van der Waals surface area contributed by atoms with Crippen LogP contribution in [0.25, 0.3) is 0 Å². The van der Waals surface area contributed by atoms with E-state index in [1.165, 1.54) is 12.8 Å². The fraction of sp³-hybridized carbons (Fsp3) is 1.00. The van der Waals surface area contributed by atoms with Crippen molar-refractivity contribution in [2.45, 2.75) is 66.8 Å². The molecule has 0 saturated carbocycles. The van der Waals surface area contributed by atoms with Crippen LogP contribution in [0.2, 0.25) is 0 Å². The number of rotatable bonds is 6. The lowest BCUT2D eigenvalue weighted by Crippen LogP contribution is -2.48. The first-order valence-corrected chi connectivity index (χ1v) is 6.46. The molecule has 3 atom stereocenters. The minimum Gasteiger partial charge on any atom is -0.325 e. The van der Waals surface area contributed by atoms with E-state index in [0.717, 1.165) is 11.8 Å². The van der Waals surface area contributed by atoms with Gasteiger partial charge in [0.05, 0.1) is 0 Å². The molecule has 0 spiro atoms. The summed E-state index contributed by atoms with van der Waals surface area (Å²) in [6.45, 7) is 15.9. The maximum atomic E-state index is 6.38. The monoisotopic (exact) mass is 213 g/mol. The first-order valence-electron chi connectivity index (χ1n) is 6.46. The molecule has 0 bridgehead atoms.